The van der Waals surface area contributed by atoms with Crippen molar-refractivity contribution in [1.82, 2.24) is 4.98 Å². The van der Waals surface area contributed by atoms with Crippen molar-refractivity contribution in [2.24, 2.45) is 0 Å². The largest absolute Gasteiger partial charge is 0.508 e. The maximum atomic E-state index is 9.18. The Morgan fingerprint density at radius 1 is 1.11 bits per heavy atom. The summed E-state index contributed by atoms with van der Waals surface area (Å²) in [6.07, 6.45) is 0. The third-order valence-electron chi connectivity index (χ3n) is 2.37. The number of rotatable bonds is 2. The van der Waals surface area contributed by atoms with Crippen molar-refractivity contribution in [2.75, 3.05) is 0 Å². The van der Waals surface area contributed by atoms with Crippen LogP contribution in [0.1, 0.15) is 0 Å². The van der Waals surface area contributed by atoms with Crippen LogP contribution in [0.5, 0.6) is 16.7 Å². The fraction of sp³-hybridized carbons (Fsp3) is 0. The van der Waals surface area contributed by atoms with Gasteiger partial charge in [0.15, 0.2) is 0 Å². The molecule has 0 atom stereocenters. The van der Waals surface area contributed by atoms with Crippen LogP contribution in [-0.2, 0) is 0 Å². The molecule has 90 valence electrons. The van der Waals surface area contributed by atoms with Gasteiger partial charge in [0.1, 0.15) is 11.5 Å². The van der Waals surface area contributed by atoms with E-state index < -0.39 is 0 Å². The molecular weight excluding hydrogens is 270 g/mol. The molecule has 0 radical (unpaired) electrons. The van der Waals surface area contributed by atoms with Gasteiger partial charge in [0.25, 0.3) is 5.19 Å². The third-order valence-corrected chi connectivity index (χ3v) is 3.52. The summed E-state index contributed by atoms with van der Waals surface area (Å²) in [4.78, 5) is 4.34. The molecule has 0 aliphatic carbocycles. The molecule has 5 heteroatoms. The number of ether oxygens (including phenoxy) is 1. The zero-order chi connectivity index (χ0) is 12.5. The standard InChI is InChI=1S/C13H8ClNO2S/c14-8-1-6-12-11(7-8)15-13(18-12)17-10-4-2-9(16)3-5-10/h1-7,16H. The van der Waals surface area contributed by atoms with Gasteiger partial charge in [-0.25, -0.2) is 4.98 Å². The molecule has 0 aliphatic heterocycles. The van der Waals surface area contributed by atoms with Gasteiger partial charge in [0.05, 0.1) is 10.2 Å². The first-order valence-electron chi connectivity index (χ1n) is 5.24. The SMILES string of the molecule is Oc1ccc(Oc2nc3cc(Cl)ccc3s2)cc1. The van der Waals surface area contributed by atoms with E-state index >= 15 is 0 Å². The summed E-state index contributed by atoms with van der Waals surface area (Å²) < 4.78 is 6.63. The number of aromatic hydroxyl groups is 1. The van der Waals surface area contributed by atoms with Gasteiger partial charge in [-0.2, -0.15) is 0 Å². The van der Waals surface area contributed by atoms with E-state index in [1.165, 1.54) is 11.3 Å². The van der Waals surface area contributed by atoms with Crippen molar-refractivity contribution in [3.8, 4) is 16.7 Å². The Hall–Kier alpha value is -1.78. The molecule has 0 saturated carbocycles. The summed E-state index contributed by atoms with van der Waals surface area (Å²) >= 11 is 7.35. The van der Waals surface area contributed by atoms with Gasteiger partial charge >= 0.3 is 0 Å². The number of phenolic OH excluding ortho intramolecular Hbond substituents is 1. The van der Waals surface area contributed by atoms with Crippen LogP contribution in [0.25, 0.3) is 10.2 Å². The van der Waals surface area contributed by atoms with Crippen molar-refractivity contribution in [1.29, 1.82) is 0 Å². The molecule has 0 unspecified atom stereocenters. The minimum Gasteiger partial charge on any atom is -0.508 e. The van der Waals surface area contributed by atoms with Crippen LogP contribution >= 0.6 is 22.9 Å². The fourth-order valence-electron chi connectivity index (χ4n) is 1.54. The summed E-state index contributed by atoms with van der Waals surface area (Å²) in [5.74, 6) is 0.844. The minimum atomic E-state index is 0.207. The normalized spacial score (nSPS) is 10.7. The number of hydrogen-bond donors (Lipinski definition) is 1. The highest BCUT2D eigenvalue weighted by atomic mass is 35.5. The van der Waals surface area contributed by atoms with Gasteiger partial charge in [-0.05, 0) is 42.5 Å². The Balaban J connectivity index is 1.92. The highest BCUT2D eigenvalue weighted by molar-refractivity contribution is 7.20. The lowest BCUT2D eigenvalue weighted by Crippen LogP contribution is -1.81. The molecule has 0 saturated heterocycles. The molecule has 0 amide bonds. The molecule has 1 heterocycles. The number of hydrogen-bond acceptors (Lipinski definition) is 4. The summed E-state index contributed by atoms with van der Waals surface area (Å²) in [5, 5.41) is 10.4. The number of nitrogens with zero attached hydrogens (tertiary/aromatic N) is 1. The number of halogens is 1. The van der Waals surface area contributed by atoms with Gasteiger partial charge in [0, 0.05) is 5.02 Å². The Labute approximate surface area is 112 Å². The maximum absolute atomic E-state index is 9.18. The van der Waals surface area contributed by atoms with Crippen molar-refractivity contribution >= 4 is 33.2 Å². The predicted molar refractivity (Wildman–Crippen MR) is 72.8 cm³/mol. The topological polar surface area (TPSA) is 42.4 Å². The lowest BCUT2D eigenvalue weighted by atomic mass is 10.3. The third kappa shape index (κ3) is 2.25. The quantitative estimate of drug-likeness (QED) is 0.752. The molecule has 0 spiro atoms. The molecular formula is C13H8ClNO2S. The molecule has 3 rings (SSSR count). The van der Waals surface area contributed by atoms with Gasteiger partial charge in [-0.3, -0.25) is 0 Å². The van der Waals surface area contributed by atoms with Gasteiger partial charge in [-0.1, -0.05) is 22.9 Å². The van der Waals surface area contributed by atoms with Gasteiger partial charge in [-0.15, -0.1) is 0 Å². The van der Waals surface area contributed by atoms with E-state index in [0.29, 0.717) is 16.0 Å². The van der Waals surface area contributed by atoms with Crippen molar-refractivity contribution in [3.63, 3.8) is 0 Å². The Bertz CT molecular complexity index is 694. The monoisotopic (exact) mass is 277 g/mol. The molecule has 0 aliphatic rings. The summed E-state index contributed by atoms with van der Waals surface area (Å²) in [6, 6.07) is 12.1. The summed E-state index contributed by atoms with van der Waals surface area (Å²) in [7, 11) is 0. The first-order chi connectivity index (χ1) is 8.70. The molecule has 0 bridgehead atoms. The van der Waals surface area contributed by atoms with E-state index in [9.17, 15) is 5.11 Å². The molecule has 3 aromatic rings. The Kier molecular flexibility index (Phi) is 2.81. The first kappa shape index (κ1) is 11.3. The Morgan fingerprint density at radius 2 is 1.89 bits per heavy atom. The van der Waals surface area contributed by atoms with Crippen molar-refractivity contribution < 1.29 is 9.84 Å². The van der Waals surface area contributed by atoms with Gasteiger partial charge < -0.3 is 9.84 Å². The lowest BCUT2D eigenvalue weighted by molar-refractivity contribution is 0.463. The molecule has 0 fully saturated rings. The van der Waals surface area contributed by atoms with Crippen LogP contribution in [0, 0.1) is 0 Å². The number of phenols is 1. The smallest absolute Gasteiger partial charge is 0.279 e. The van der Waals surface area contributed by atoms with Crippen LogP contribution in [0.4, 0.5) is 0 Å². The summed E-state index contributed by atoms with van der Waals surface area (Å²) in [6.45, 7) is 0. The number of benzene rings is 2. The molecule has 1 N–H and O–H groups in total. The first-order valence-corrected chi connectivity index (χ1v) is 6.43. The van der Waals surface area contributed by atoms with E-state index in [0.717, 1.165) is 10.2 Å². The van der Waals surface area contributed by atoms with Crippen LogP contribution < -0.4 is 4.74 Å². The van der Waals surface area contributed by atoms with Crippen molar-refractivity contribution in [3.05, 3.63) is 47.5 Å². The number of fused-ring (bicyclic) bond motifs is 1. The second-order valence-corrected chi connectivity index (χ2v) is 5.12. The highest BCUT2D eigenvalue weighted by Gasteiger charge is 2.06. The number of thiazole rings is 1. The lowest BCUT2D eigenvalue weighted by Gasteiger charge is -2.00. The molecule has 1 aromatic heterocycles. The van der Waals surface area contributed by atoms with Crippen LogP contribution in [-0.4, -0.2) is 10.1 Å². The van der Waals surface area contributed by atoms with Crippen LogP contribution in [0.15, 0.2) is 42.5 Å². The average Bonchev–Trinajstić information content (AvgIpc) is 2.73. The zero-order valence-corrected chi connectivity index (χ0v) is 10.7. The Morgan fingerprint density at radius 3 is 2.67 bits per heavy atom. The van der Waals surface area contributed by atoms with Crippen LogP contribution in [0.3, 0.4) is 0 Å². The number of aromatic nitrogens is 1. The van der Waals surface area contributed by atoms with E-state index in [4.69, 9.17) is 16.3 Å². The second kappa shape index (κ2) is 4.48. The molecule has 3 nitrogen and oxygen atoms in total. The van der Waals surface area contributed by atoms with Crippen molar-refractivity contribution in [2.45, 2.75) is 0 Å². The predicted octanol–water partition coefficient (Wildman–Crippen LogP) is 4.45. The molecule has 2 aromatic carbocycles. The van der Waals surface area contributed by atoms with E-state index in [-0.39, 0.29) is 5.75 Å². The average molecular weight is 278 g/mol. The van der Waals surface area contributed by atoms with E-state index in [1.807, 2.05) is 12.1 Å². The van der Waals surface area contributed by atoms with E-state index in [1.54, 1.807) is 30.3 Å². The minimum absolute atomic E-state index is 0.207. The fourth-order valence-corrected chi connectivity index (χ4v) is 2.52. The second-order valence-electron chi connectivity index (χ2n) is 3.69. The maximum Gasteiger partial charge on any atom is 0.279 e. The van der Waals surface area contributed by atoms with Gasteiger partial charge in [0.2, 0.25) is 0 Å². The highest BCUT2D eigenvalue weighted by Crippen LogP contribution is 2.32. The molecule has 18 heavy (non-hydrogen) atoms. The van der Waals surface area contributed by atoms with E-state index in [2.05, 4.69) is 4.98 Å². The van der Waals surface area contributed by atoms with Crippen LogP contribution in [0.2, 0.25) is 5.02 Å². The summed E-state index contributed by atoms with van der Waals surface area (Å²) in [5.41, 5.74) is 0.821. The zero-order valence-electron chi connectivity index (χ0n) is 9.13.